The molecule has 4 heteroatoms. The molecule has 106 valence electrons. The summed E-state index contributed by atoms with van der Waals surface area (Å²) in [6.45, 7) is 4.49. The number of thioether (sulfide) groups is 1. The molecule has 0 saturated carbocycles. The highest BCUT2D eigenvalue weighted by Crippen LogP contribution is 2.32. The fourth-order valence-electron chi connectivity index (χ4n) is 2.04. The number of benzene rings is 1. The molecule has 1 aliphatic rings. The largest absolute Gasteiger partial charge is 0.493 e. The van der Waals surface area contributed by atoms with Crippen molar-refractivity contribution >= 4 is 16.8 Å². The minimum Gasteiger partial charge on any atom is -0.493 e. The van der Waals surface area contributed by atoms with E-state index in [1.54, 1.807) is 26.0 Å². The van der Waals surface area contributed by atoms with E-state index >= 15 is 0 Å². The van der Waals surface area contributed by atoms with Crippen molar-refractivity contribution in [2.75, 3.05) is 26.5 Å². The van der Waals surface area contributed by atoms with Gasteiger partial charge in [0.1, 0.15) is 0 Å². The molecule has 20 heavy (non-hydrogen) atoms. The van der Waals surface area contributed by atoms with E-state index < -0.39 is 0 Å². The molecule has 0 amide bonds. The Morgan fingerprint density at radius 1 is 1.35 bits per heavy atom. The van der Waals surface area contributed by atoms with Gasteiger partial charge < -0.3 is 9.47 Å². The zero-order valence-electron chi connectivity index (χ0n) is 11.8. The Morgan fingerprint density at radius 3 is 2.75 bits per heavy atom. The maximum atomic E-state index is 5.34. The number of dihydropyridines is 1. The Labute approximate surface area is 124 Å². The summed E-state index contributed by atoms with van der Waals surface area (Å²) in [5.41, 5.74) is 1.19. The SMILES string of the molecule is C=CCSC1=NCC(c2ccc(OC)c(OC)c2)C=C1. The molecule has 1 unspecified atom stereocenters. The third-order valence-electron chi connectivity index (χ3n) is 3.10. The van der Waals surface area contributed by atoms with Gasteiger partial charge in [0.15, 0.2) is 11.5 Å². The van der Waals surface area contributed by atoms with Gasteiger partial charge in [0.05, 0.1) is 25.8 Å². The van der Waals surface area contributed by atoms with Crippen molar-refractivity contribution < 1.29 is 9.47 Å². The van der Waals surface area contributed by atoms with E-state index in [9.17, 15) is 0 Å². The van der Waals surface area contributed by atoms with Crippen LogP contribution in [-0.4, -0.2) is 31.6 Å². The lowest BCUT2D eigenvalue weighted by molar-refractivity contribution is 0.354. The van der Waals surface area contributed by atoms with Crippen molar-refractivity contribution in [3.8, 4) is 11.5 Å². The first-order chi connectivity index (χ1) is 9.78. The van der Waals surface area contributed by atoms with E-state index in [2.05, 4.69) is 29.8 Å². The number of rotatable bonds is 5. The van der Waals surface area contributed by atoms with Crippen molar-refractivity contribution in [2.45, 2.75) is 5.92 Å². The van der Waals surface area contributed by atoms with Crippen LogP contribution in [0.15, 0.2) is 48.0 Å². The average molecular weight is 289 g/mol. The van der Waals surface area contributed by atoms with Gasteiger partial charge in [-0.2, -0.15) is 0 Å². The fraction of sp³-hybridized carbons (Fsp3) is 0.312. The summed E-state index contributed by atoms with van der Waals surface area (Å²) in [4.78, 5) is 4.60. The standard InChI is InChI=1S/C16H19NO2S/c1-4-9-20-16-8-6-13(11-17-16)12-5-7-14(18-2)15(10-12)19-3/h4-8,10,13H,1,9,11H2,2-3H3. The molecule has 1 heterocycles. The molecule has 0 fully saturated rings. The van der Waals surface area contributed by atoms with Gasteiger partial charge in [-0.25, -0.2) is 0 Å². The molecule has 2 rings (SSSR count). The zero-order valence-corrected chi connectivity index (χ0v) is 12.7. The first kappa shape index (κ1) is 14.7. The maximum Gasteiger partial charge on any atom is 0.161 e. The van der Waals surface area contributed by atoms with Gasteiger partial charge in [-0.3, -0.25) is 4.99 Å². The van der Waals surface area contributed by atoms with Crippen LogP contribution in [0.2, 0.25) is 0 Å². The lowest BCUT2D eigenvalue weighted by Crippen LogP contribution is -2.07. The lowest BCUT2D eigenvalue weighted by atomic mass is 9.97. The smallest absolute Gasteiger partial charge is 0.161 e. The van der Waals surface area contributed by atoms with Gasteiger partial charge in [0, 0.05) is 11.7 Å². The van der Waals surface area contributed by atoms with Crippen LogP contribution >= 0.6 is 11.8 Å². The molecular weight excluding hydrogens is 270 g/mol. The Kier molecular flexibility index (Phi) is 5.30. The monoisotopic (exact) mass is 289 g/mol. The molecule has 0 spiro atoms. The fourth-order valence-corrected chi connectivity index (χ4v) is 2.67. The second-order valence-electron chi connectivity index (χ2n) is 4.36. The van der Waals surface area contributed by atoms with Gasteiger partial charge in [-0.05, 0) is 23.8 Å². The molecular formula is C16H19NO2S. The summed E-state index contributed by atoms with van der Waals surface area (Å²) < 4.78 is 10.6. The average Bonchev–Trinajstić information content (AvgIpc) is 2.52. The first-order valence-electron chi connectivity index (χ1n) is 6.46. The van der Waals surface area contributed by atoms with Crippen LogP contribution in [-0.2, 0) is 0 Å². The highest BCUT2D eigenvalue weighted by molar-refractivity contribution is 8.14. The summed E-state index contributed by atoms with van der Waals surface area (Å²) >= 11 is 1.71. The van der Waals surface area contributed by atoms with Crippen LogP contribution in [0.3, 0.4) is 0 Å². The molecule has 0 aromatic heterocycles. The van der Waals surface area contributed by atoms with Crippen LogP contribution in [0.4, 0.5) is 0 Å². The third kappa shape index (κ3) is 3.45. The van der Waals surface area contributed by atoms with Crippen molar-refractivity contribution in [1.82, 2.24) is 0 Å². The highest BCUT2D eigenvalue weighted by atomic mass is 32.2. The lowest BCUT2D eigenvalue weighted by Gasteiger charge is -2.17. The molecule has 0 radical (unpaired) electrons. The van der Waals surface area contributed by atoms with Crippen LogP contribution in [0.5, 0.6) is 11.5 Å². The number of aliphatic imine (C=N–C) groups is 1. The number of ether oxygens (including phenoxy) is 2. The first-order valence-corrected chi connectivity index (χ1v) is 7.45. The summed E-state index contributed by atoms with van der Waals surface area (Å²) in [5, 5.41) is 1.07. The second kappa shape index (κ2) is 7.20. The van der Waals surface area contributed by atoms with E-state index in [4.69, 9.17) is 9.47 Å². The van der Waals surface area contributed by atoms with Crippen LogP contribution in [0.1, 0.15) is 11.5 Å². The van der Waals surface area contributed by atoms with Gasteiger partial charge in [-0.1, -0.05) is 18.2 Å². The van der Waals surface area contributed by atoms with Crippen molar-refractivity contribution in [3.05, 3.63) is 48.6 Å². The minimum absolute atomic E-state index is 0.294. The van der Waals surface area contributed by atoms with E-state index in [1.165, 1.54) is 5.56 Å². The molecule has 0 aliphatic carbocycles. The second-order valence-corrected chi connectivity index (χ2v) is 5.40. The van der Waals surface area contributed by atoms with E-state index in [-0.39, 0.29) is 0 Å². The Morgan fingerprint density at radius 2 is 2.15 bits per heavy atom. The number of methoxy groups -OCH3 is 2. The van der Waals surface area contributed by atoms with Gasteiger partial charge >= 0.3 is 0 Å². The normalized spacial score (nSPS) is 17.5. The zero-order chi connectivity index (χ0) is 14.4. The quantitative estimate of drug-likeness (QED) is 0.775. The molecule has 1 atom stereocenters. The molecule has 0 saturated heterocycles. The van der Waals surface area contributed by atoms with Gasteiger partial charge in [0.25, 0.3) is 0 Å². The molecule has 1 aromatic carbocycles. The number of hydrogen-bond donors (Lipinski definition) is 0. The Hall–Kier alpha value is -1.68. The topological polar surface area (TPSA) is 30.8 Å². The predicted octanol–water partition coefficient (Wildman–Crippen LogP) is 3.67. The van der Waals surface area contributed by atoms with Crippen molar-refractivity contribution in [2.24, 2.45) is 4.99 Å². The van der Waals surface area contributed by atoms with E-state index in [0.29, 0.717) is 5.92 Å². The van der Waals surface area contributed by atoms with E-state index in [1.807, 2.05) is 18.2 Å². The van der Waals surface area contributed by atoms with Crippen molar-refractivity contribution in [3.63, 3.8) is 0 Å². The highest BCUT2D eigenvalue weighted by Gasteiger charge is 2.14. The Balaban J connectivity index is 2.09. The summed E-state index contributed by atoms with van der Waals surface area (Å²) in [7, 11) is 3.30. The summed E-state index contributed by atoms with van der Waals surface area (Å²) in [6.07, 6.45) is 6.17. The molecule has 0 N–H and O–H groups in total. The van der Waals surface area contributed by atoms with Crippen LogP contribution in [0.25, 0.3) is 0 Å². The van der Waals surface area contributed by atoms with Gasteiger partial charge in [-0.15, -0.1) is 18.3 Å². The molecule has 1 aliphatic heterocycles. The van der Waals surface area contributed by atoms with Gasteiger partial charge in [0.2, 0.25) is 0 Å². The predicted molar refractivity (Wildman–Crippen MR) is 86.4 cm³/mol. The number of hydrogen-bond acceptors (Lipinski definition) is 4. The third-order valence-corrected chi connectivity index (χ3v) is 4.06. The van der Waals surface area contributed by atoms with E-state index in [0.717, 1.165) is 28.8 Å². The molecule has 0 bridgehead atoms. The molecule has 1 aromatic rings. The molecule has 3 nitrogen and oxygen atoms in total. The van der Waals surface area contributed by atoms with Crippen LogP contribution < -0.4 is 9.47 Å². The Bertz CT molecular complexity index is 537. The minimum atomic E-state index is 0.294. The number of nitrogens with zero attached hydrogens (tertiary/aromatic N) is 1. The van der Waals surface area contributed by atoms with Crippen LogP contribution in [0, 0.1) is 0 Å². The maximum absolute atomic E-state index is 5.34. The van der Waals surface area contributed by atoms with Crippen molar-refractivity contribution in [1.29, 1.82) is 0 Å². The summed E-state index contributed by atoms with van der Waals surface area (Å²) in [6, 6.07) is 6.02. The summed E-state index contributed by atoms with van der Waals surface area (Å²) in [5.74, 6) is 2.70.